The summed E-state index contributed by atoms with van der Waals surface area (Å²) in [6.07, 6.45) is 17.6. The Labute approximate surface area is 319 Å². The minimum absolute atomic E-state index is 0.240. The van der Waals surface area contributed by atoms with Crippen LogP contribution >= 0.6 is 0 Å². The number of nitrogens with zero attached hydrogens (tertiary/aromatic N) is 3. The first-order valence-corrected chi connectivity index (χ1v) is 20.7. The van der Waals surface area contributed by atoms with Crippen molar-refractivity contribution in [1.82, 2.24) is 14.7 Å². The molecule has 0 aliphatic heterocycles. The number of rotatable bonds is 28. The van der Waals surface area contributed by atoms with Gasteiger partial charge in [-0.1, -0.05) is 64.2 Å². The fourth-order valence-electron chi connectivity index (χ4n) is 5.73. The van der Waals surface area contributed by atoms with Crippen LogP contribution in [0.2, 0.25) is 0 Å². The second-order valence-electron chi connectivity index (χ2n) is 17.3. The van der Waals surface area contributed by atoms with Crippen molar-refractivity contribution in [2.75, 3.05) is 52.4 Å². The largest absolute Gasteiger partial charge is 0.444 e. The van der Waals surface area contributed by atoms with Crippen LogP contribution in [0.4, 0.5) is 14.4 Å². The Morgan fingerprint density at radius 1 is 0.346 bits per heavy atom. The summed E-state index contributed by atoms with van der Waals surface area (Å²) in [5.41, 5.74) is 9.56. The zero-order valence-electron chi connectivity index (χ0n) is 35.3. The van der Waals surface area contributed by atoms with Gasteiger partial charge in [-0.05, 0) is 127 Å². The van der Waals surface area contributed by atoms with E-state index in [1.54, 1.807) is 0 Å². The molecule has 0 aromatic heterocycles. The van der Waals surface area contributed by atoms with E-state index in [0.717, 1.165) is 109 Å². The summed E-state index contributed by atoms with van der Waals surface area (Å²) in [7, 11) is 0. The monoisotopic (exact) mass is 742 g/mol. The molecule has 0 aromatic carbocycles. The van der Waals surface area contributed by atoms with Gasteiger partial charge in [0.25, 0.3) is 0 Å². The molecule has 0 aliphatic rings. The molecule has 0 aliphatic carbocycles. The lowest BCUT2D eigenvalue weighted by atomic mass is 10.1. The predicted molar refractivity (Wildman–Crippen MR) is 215 cm³/mol. The van der Waals surface area contributed by atoms with E-state index < -0.39 is 16.8 Å². The SMILES string of the molecule is CC(C)(C)OC(=O)N(CCCCCCCCN)CCCCCCN(CCCCN(CCCCCCCCN)C(=O)OC(C)(C)C)C(=O)OC(C)(C)C. The van der Waals surface area contributed by atoms with Crippen molar-refractivity contribution < 1.29 is 28.6 Å². The van der Waals surface area contributed by atoms with Gasteiger partial charge in [-0.15, -0.1) is 0 Å². The lowest BCUT2D eigenvalue weighted by molar-refractivity contribution is 0.0205. The summed E-state index contributed by atoms with van der Waals surface area (Å²) >= 11 is 0. The van der Waals surface area contributed by atoms with Gasteiger partial charge in [0, 0.05) is 39.3 Å². The Morgan fingerprint density at radius 2 is 0.519 bits per heavy atom. The van der Waals surface area contributed by atoms with Crippen molar-refractivity contribution in [2.45, 2.75) is 195 Å². The third kappa shape index (κ3) is 30.2. The van der Waals surface area contributed by atoms with Gasteiger partial charge in [-0.3, -0.25) is 0 Å². The highest BCUT2D eigenvalue weighted by Crippen LogP contribution is 2.17. The van der Waals surface area contributed by atoms with Gasteiger partial charge in [0.05, 0.1) is 0 Å². The van der Waals surface area contributed by atoms with Crippen LogP contribution in [-0.2, 0) is 14.2 Å². The van der Waals surface area contributed by atoms with E-state index in [4.69, 9.17) is 25.7 Å². The van der Waals surface area contributed by atoms with Crippen LogP contribution < -0.4 is 11.5 Å². The minimum Gasteiger partial charge on any atom is -0.444 e. The molecule has 0 saturated carbocycles. The average Bonchev–Trinajstić information content (AvgIpc) is 3.01. The Kier molecular flexibility index (Phi) is 27.0. The maximum Gasteiger partial charge on any atom is 0.410 e. The first-order valence-electron chi connectivity index (χ1n) is 20.7. The van der Waals surface area contributed by atoms with Crippen molar-refractivity contribution in [3.63, 3.8) is 0 Å². The lowest BCUT2D eigenvalue weighted by Crippen LogP contribution is -2.39. The third-order valence-corrected chi connectivity index (χ3v) is 8.43. The molecular formula is C41H83N5O6. The van der Waals surface area contributed by atoms with Gasteiger partial charge < -0.3 is 40.4 Å². The van der Waals surface area contributed by atoms with Crippen LogP contribution in [0.15, 0.2) is 0 Å². The van der Waals surface area contributed by atoms with Gasteiger partial charge >= 0.3 is 18.3 Å². The van der Waals surface area contributed by atoms with Crippen LogP contribution in [0.3, 0.4) is 0 Å². The molecule has 0 heterocycles. The predicted octanol–water partition coefficient (Wildman–Crippen LogP) is 9.64. The highest BCUT2D eigenvalue weighted by Gasteiger charge is 2.24. The number of nitrogens with two attached hydrogens (primary N) is 2. The summed E-state index contributed by atoms with van der Waals surface area (Å²) in [5, 5.41) is 0. The molecule has 0 saturated heterocycles. The molecule has 4 N–H and O–H groups in total. The molecule has 3 amide bonds. The van der Waals surface area contributed by atoms with E-state index >= 15 is 0 Å². The smallest absolute Gasteiger partial charge is 0.410 e. The van der Waals surface area contributed by atoms with Gasteiger partial charge in [0.1, 0.15) is 16.8 Å². The van der Waals surface area contributed by atoms with Crippen LogP contribution in [0.1, 0.15) is 178 Å². The molecule has 308 valence electrons. The molecular weight excluding hydrogens is 658 g/mol. The van der Waals surface area contributed by atoms with Crippen molar-refractivity contribution in [3.05, 3.63) is 0 Å². The molecule has 11 heteroatoms. The fraction of sp³-hybridized carbons (Fsp3) is 0.927. The number of carbonyl (C=O) groups is 3. The molecule has 11 nitrogen and oxygen atoms in total. The normalized spacial score (nSPS) is 12.1. The summed E-state index contributed by atoms with van der Waals surface area (Å²) < 4.78 is 17.2. The number of unbranched alkanes of at least 4 members (excludes halogenated alkanes) is 14. The molecule has 0 unspecified atom stereocenters. The van der Waals surface area contributed by atoms with Crippen molar-refractivity contribution in [1.29, 1.82) is 0 Å². The summed E-state index contributed by atoms with van der Waals surface area (Å²) in [6, 6.07) is 0. The van der Waals surface area contributed by atoms with Crippen molar-refractivity contribution in [3.8, 4) is 0 Å². The molecule has 0 aromatic rings. The average molecular weight is 742 g/mol. The maximum atomic E-state index is 13.2. The first-order chi connectivity index (χ1) is 24.4. The topological polar surface area (TPSA) is 141 Å². The summed E-state index contributed by atoms with van der Waals surface area (Å²) in [4.78, 5) is 44.6. The van der Waals surface area contributed by atoms with Crippen LogP contribution in [0, 0.1) is 0 Å². The van der Waals surface area contributed by atoms with E-state index in [0.29, 0.717) is 39.3 Å². The minimum atomic E-state index is -0.581. The zero-order valence-corrected chi connectivity index (χ0v) is 35.3. The van der Waals surface area contributed by atoms with E-state index in [1.807, 2.05) is 77.0 Å². The number of hydrogen-bond acceptors (Lipinski definition) is 8. The number of hydrogen-bond donors (Lipinski definition) is 2. The summed E-state index contributed by atoms with van der Waals surface area (Å²) in [5.74, 6) is 0. The van der Waals surface area contributed by atoms with E-state index in [9.17, 15) is 14.4 Å². The number of ether oxygens (including phenoxy) is 3. The standard InChI is InChI=1S/C41H83N5O6/c1-39(2,3)50-36(47)44(30-22-16-12-10-14-20-28-42)32-24-18-19-25-33-46(38(49)52-41(7,8)9)35-27-26-34-45(37(48)51-40(4,5)6)31-23-17-13-11-15-21-29-43/h10-35,42-43H2,1-9H3. The van der Waals surface area contributed by atoms with Crippen LogP contribution in [0.5, 0.6) is 0 Å². The molecule has 0 rings (SSSR count). The lowest BCUT2D eigenvalue weighted by Gasteiger charge is -2.29. The van der Waals surface area contributed by atoms with Crippen molar-refractivity contribution in [2.24, 2.45) is 11.5 Å². The molecule has 0 bridgehead atoms. The van der Waals surface area contributed by atoms with Gasteiger partial charge in [0.2, 0.25) is 0 Å². The highest BCUT2D eigenvalue weighted by atomic mass is 16.6. The second-order valence-corrected chi connectivity index (χ2v) is 17.3. The van der Waals surface area contributed by atoms with Crippen LogP contribution in [0.25, 0.3) is 0 Å². The van der Waals surface area contributed by atoms with E-state index in [-0.39, 0.29) is 18.3 Å². The van der Waals surface area contributed by atoms with Gasteiger partial charge in [-0.25, -0.2) is 14.4 Å². The first kappa shape index (κ1) is 49.7. The van der Waals surface area contributed by atoms with Crippen molar-refractivity contribution >= 4 is 18.3 Å². The Morgan fingerprint density at radius 3 is 0.712 bits per heavy atom. The molecule has 0 radical (unpaired) electrons. The Balaban J connectivity index is 5.01. The third-order valence-electron chi connectivity index (χ3n) is 8.43. The maximum absolute atomic E-state index is 13.2. The fourth-order valence-corrected chi connectivity index (χ4v) is 5.73. The van der Waals surface area contributed by atoms with E-state index in [1.165, 1.54) is 19.3 Å². The molecule has 0 atom stereocenters. The molecule has 0 fully saturated rings. The van der Waals surface area contributed by atoms with Gasteiger partial charge in [0.15, 0.2) is 0 Å². The molecule has 52 heavy (non-hydrogen) atoms. The number of amides is 3. The Bertz CT molecular complexity index is 928. The number of carbonyl (C=O) groups excluding carboxylic acids is 3. The highest BCUT2D eigenvalue weighted by molar-refractivity contribution is 5.69. The van der Waals surface area contributed by atoms with Gasteiger partial charge in [-0.2, -0.15) is 0 Å². The Hall–Kier alpha value is -2.27. The summed E-state index contributed by atoms with van der Waals surface area (Å²) in [6.45, 7) is 22.4. The van der Waals surface area contributed by atoms with Crippen LogP contribution in [-0.4, -0.2) is 102 Å². The van der Waals surface area contributed by atoms with E-state index in [2.05, 4.69) is 0 Å². The second kappa shape index (κ2) is 28.2. The zero-order chi connectivity index (χ0) is 39.5. The quantitative estimate of drug-likeness (QED) is 0.0597. The molecule has 0 spiro atoms.